The smallest absolute Gasteiger partial charge is 0.306 e. The van der Waals surface area contributed by atoms with E-state index in [1.807, 2.05) is 27.7 Å². The van der Waals surface area contributed by atoms with Crippen molar-refractivity contribution >= 4 is 11.9 Å². The maximum atomic E-state index is 11.7. The fraction of sp³-hybridized carbons (Fsp3) is 0.857. The molecule has 110 valence electrons. The Hall–Kier alpha value is -1.10. The third kappa shape index (κ3) is 3.93. The highest BCUT2D eigenvalue weighted by molar-refractivity contribution is 5.81. The van der Waals surface area contributed by atoms with E-state index < -0.39 is 18.0 Å². The van der Waals surface area contributed by atoms with Gasteiger partial charge < -0.3 is 15.5 Å². The largest absolute Gasteiger partial charge is 0.481 e. The summed E-state index contributed by atoms with van der Waals surface area (Å²) in [6.45, 7) is 7.62. The first-order chi connectivity index (χ1) is 8.73. The van der Waals surface area contributed by atoms with Gasteiger partial charge in [0.2, 0.25) is 5.91 Å². The molecule has 4 atom stereocenters. The van der Waals surface area contributed by atoms with Gasteiger partial charge in [0.1, 0.15) is 0 Å². The number of hydrogen-bond donors (Lipinski definition) is 3. The number of aliphatic carboxylic acids is 1. The summed E-state index contributed by atoms with van der Waals surface area (Å²) < 4.78 is 0. The molecule has 1 aliphatic rings. The van der Waals surface area contributed by atoms with Gasteiger partial charge in [0.05, 0.1) is 18.1 Å². The number of carboxylic acid groups (broad SMARTS) is 1. The molecule has 5 heteroatoms. The molecule has 0 aromatic heterocycles. The number of amides is 1. The zero-order valence-electron chi connectivity index (χ0n) is 12.1. The number of nitrogens with one attached hydrogen (secondary N) is 1. The van der Waals surface area contributed by atoms with Crippen LogP contribution in [0.2, 0.25) is 0 Å². The molecule has 1 amide bonds. The molecule has 0 aromatic rings. The average Bonchev–Trinajstić information content (AvgIpc) is 2.67. The van der Waals surface area contributed by atoms with Gasteiger partial charge in [-0.15, -0.1) is 0 Å². The van der Waals surface area contributed by atoms with E-state index in [1.165, 1.54) is 0 Å². The minimum atomic E-state index is -0.890. The summed E-state index contributed by atoms with van der Waals surface area (Å²) >= 11 is 0. The van der Waals surface area contributed by atoms with Crippen LogP contribution in [0.3, 0.4) is 0 Å². The lowest BCUT2D eigenvalue weighted by molar-refractivity contribution is -0.144. The summed E-state index contributed by atoms with van der Waals surface area (Å²) in [5.74, 6) is -1.39. The molecule has 1 fully saturated rings. The molecule has 0 saturated carbocycles. The molecule has 0 spiro atoms. The molecule has 5 nitrogen and oxygen atoms in total. The van der Waals surface area contributed by atoms with Gasteiger partial charge in [-0.25, -0.2) is 0 Å². The number of hydrogen-bond acceptors (Lipinski definition) is 3. The van der Waals surface area contributed by atoms with Crippen molar-refractivity contribution in [2.45, 2.75) is 52.7 Å². The Morgan fingerprint density at radius 3 is 2.32 bits per heavy atom. The first-order valence-electron chi connectivity index (χ1n) is 6.95. The van der Waals surface area contributed by atoms with Gasteiger partial charge in [-0.2, -0.15) is 0 Å². The Bertz CT molecular complexity index is 340. The number of carbonyl (C=O) groups excluding carboxylic acids is 1. The van der Waals surface area contributed by atoms with Crippen molar-refractivity contribution in [3.05, 3.63) is 0 Å². The SMILES string of the molecule is CC(C)[C@H](C[C@H](O)C1C[C@@H](C(C)C)C(=O)N1)C(=O)O. The minimum absolute atomic E-state index is 0.0320. The van der Waals surface area contributed by atoms with Crippen LogP contribution in [0.5, 0.6) is 0 Å². The first-order valence-corrected chi connectivity index (χ1v) is 6.95. The van der Waals surface area contributed by atoms with Crippen LogP contribution >= 0.6 is 0 Å². The molecular formula is C14H25NO4. The second kappa shape index (κ2) is 6.37. The molecule has 1 heterocycles. The highest BCUT2D eigenvalue weighted by Crippen LogP contribution is 2.28. The third-order valence-electron chi connectivity index (χ3n) is 4.06. The molecule has 1 unspecified atom stereocenters. The molecular weight excluding hydrogens is 246 g/mol. The molecule has 1 rings (SSSR count). The van der Waals surface area contributed by atoms with Crippen LogP contribution in [0.15, 0.2) is 0 Å². The number of carboxylic acids is 1. The van der Waals surface area contributed by atoms with Crippen molar-refractivity contribution in [3.63, 3.8) is 0 Å². The zero-order valence-corrected chi connectivity index (χ0v) is 12.1. The van der Waals surface area contributed by atoms with Crippen molar-refractivity contribution in [2.24, 2.45) is 23.7 Å². The van der Waals surface area contributed by atoms with Gasteiger partial charge in [-0.3, -0.25) is 9.59 Å². The Morgan fingerprint density at radius 2 is 1.95 bits per heavy atom. The summed E-state index contributed by atoms with van der Waals surface area (Å²) in [5, 5.41) is 22.1. The van der Waals surface area contributed by atoms with Crippen molar-refractivity contribution < 1.29 is 19.8 Å². The Balaban J connectivity index is 2.62. The normalized spacial score (nSPS) is 26.6. The first kappa shape index (κ1) is 16.0. The van der Waals surface area contributed by atoms with Gasteiger partial charge in [0.15, 0.2) is 0 Å². The quantitative estimate of drug-likeness (QED) is 0.678. The summed E-state index contributed by atoms with van der Waals surface area (Å²) in [5.41, 5.74) is 0. The van der Waals surface area contributed by atoms with Crippen LogP contribution < -0.4 is 5.32 Å². The predicted octanol–water partition coefficient (Wildman–Crippen LogP) is 1.25. The Morgan fingerprint density at radius 1 is 1.37 bits per heavy atom. The second-order valence-corrected chi connectivity index (χ2v) is 6.19. The van der Waals surface area contributed by atoms with Crippen molar-refractivity contribution in [1.82, 2.24) is 5.32 Å². The molecule has 1 saturated heterocycles. The van der Waals surface area contributed by atoms with Crippen LogP contribution in [0.4, 0.5) is 0 Å². The Labute approximate surface area is 114 Å². The van der Waals surface area contributed by atoms with E-state index in [1.54, 1.807) is 0 Å². The lowest BCUT2D eigenvalue weighted by Crippen LogP contribution is -2.39. The monoisotopic (exact) mass is 271 g/mol. The standard InChI is InChI=1S/C14H25NO4/c1-7(2)9-5-11(15-13(9)17)12(16)6-10(8(3)4)14(18)19/h7-12,16H,5-6H2,1-4H3,(H,15,17)(H,18,19)/t9-,10-,11?,12-/m0/s1. The third-order valence-corrected chi connectivity index (χ3v) is 4.06. The predicted molar refractivity (Wildman–Crippen MR) is 71.5 cm³/mol. The fourth-order valence-corrected chi connectivity index (χ4v) is 2.64. The summed E-state index contributed by atoms with van der Waals surface area (Å²) in [6.07, 6.45) is -0.0265. The van der Waals surface area contributed by atoms with Crippen molar-refractivity contribution in [3.8, 4) is 0 Å². The van der Waals surface area contributed by atoms with Crippen molar-refractivity contribution in [1.29, 1.82) is 0 Å². The number of aliphatic hydroxyl groups is 1. The lowest BCUT2D eigenvalue weighted by atomic mass is 9.86. The number of aliphatic hydroxyl groups excluding tert-OH is 1. The van der Waals surface area contributed by atoms with Crippen LogP contribution in [0, 0.1) is 23.7 Å². The number of carbonyl (C=O) groups is 2. The molecule has 1 aliphatic heterocycles. The van der Waals surface area contributed by atoms with Crippen LogP contribution in [-0.4, -0.2) is 34.2 Å². The fourth-order valence-electron chi connectivity index (χ4n) is 2.64. The van der Waals surface area contributed by atoms with Gasteiger partial charge >= 0.3 is 5.97 Å². The molecule has 0 radical (unpaired) electrons. The van der Waals surface area contributed by atoms with Crippen molar-refractivity contribution in [2.75, 3.05) is 0 Å². The van der Waals surface area contributed by atoms with Gasteiger partial charge in [-0.1, -0.05) is 27.7 Å². The highest BCUT2D eigenvalue weighted by Gasteiger charge is 2.39. The highest BCUT2D eigenvalue weighted by atomic mass is 16.4. The van der Waals surface area contributed by atoms with Gasteiger partial charge in [0, 0.05) is 5.92 Å². The molecule has 0 aliphatic carbocycles. The topological polar surface area (TPSA) is 86.6 Å². The maximum absolute atomic E-state index is 11.7. The molecule has 3 N–H and O–H groups in total. The summed E-state index contributed by atoms with van der Waals surface area (Å²) in [4.78, 5) is 22.9. The minimum Gasteiger partial charge on any atom is -0.481 e. The lowest BCUT2D eigenvalue weighted by Gasteiger charge is -2.24. The average molecular weight is 271 g/mol. The van der Waals surface area contributed by atoms with Gasteiger partial charge in [0.25, 0.3) is 0 Å². The molecule has 0 bridgehead atoms. The van der Waals surface area contributed by atoms with E-state index in [4.69, 9.17) is 5.11 Å². The zero-order chi connectivity index (χ0) is 14.7. The van der Waals surface area contributed by atoms with Crippen LogP contribution in [-0.2, 0) is 9.59 Å². The molecule has 0 aromatic carbocycles. The van der Waals surface area contributed by atoms with E-state index in [-0.39, 0.29) is 36.1 Å². The molecule has 19 heavy (non-hydrogen) atoms. The van der Waals surface area contributed by atoms with Crippen LogP contribution in [0.25, 0.3) is 0 Å². The van der Waals surface area contributed by atoms with Crippen LogP contribution in [0.1, 0.15) is 40.5 Å². The number of rotatable bonds is 6. The van der Waals surface area contributed by atoms with E-state index >= 15 is 0 Å². The maximum Gasteiger partial charge on any atom is 0.306 e. The van der Waals surface area contributed by atoms with E-state index in [0.29, 0.717) is 6.42 Å². The van der Waals surface area contributed by atoms with E-state index in [9.17, 15) is 14.7 Å². The summed E-state index contributed by atoms with van der Waals surface area (Å²) in [6, 6.07) is -0.319. The van der Waals surface area contributed by atoms with E-state index in [2.05, 4.69) is 5.32 Å². The second-order valence-electron chi connectivity index (χ2n) is 6.19. The van der Waals surface area contributed by atoms with Gasteiger partial charge in [-0.05, 0) is 24.7 Å². The summed E-state index contributed by atoms with van der Waals surface area (Å²) in [7, 11) is 0. The Kier molecular flexibility index (Phi) is 5.35. The van der Waals surface area contributed by atoms with E-state index in [0.717, 1.165) is 0 Å².